The van der Waals surface area contributed by atoms with Crippen molar-refractivity contribution in [2.75, 3.05) is 26.0 Å². The minimum Gasteiger partial charge on any atom is -0.480 e. The lowest BCUT2D eigenvalue weighted by molar-refractivity contribution is -0.140. The highest BCUT2D eigenvalue weighted by atomic mass is 32.2. The van der Waals surface area contributed by atoms with Crippen LogP contribution in [0.2, 0.25) is 0 Å². The summed E-state index contributed by atoms with van der Waals surface area (Å²) in [5, 5.41) is 8.65. The molecule has 8 heteroatoms. The molecular formula is C10H19NO6S. The summed E-state index contributed by atoms with van der Waals surface area (Å²) in [5.41, 5.74) is 0. The molecule has 0 saturated carbocycles. The van der Waals surface area contributed by atoms with Crippen LogP contribution in [0.25, 0.3) is 0 Å². The maximum atomic E-state index is 11.8. The quantitative estimate of drug-likeness (QED) is 0.600. The lowest BCUT2D eigenvalue weighted by Gasteiger charge is -2.19. The van der Waals surface area contributed by atoms with Crippen molar-refractivity contribution in [2.24, 2.45) is 0 Å². The molecule has 0 heterocycles. The summed E-state index contributed by atoms with van der Waals surface area (Å²) in [6.45, 7) is 1.38. The Bertz CT molecular complexity index is 378. The summed E-state index contributed by atoms with van der Waals surface area (Å²) in [7, 11) is -2.41. The Labute approximate surface area is 107 Å². The van der Waals surface area contributed by atoms with E-state index in [0.29, 0.717) is 6.42 Å². The van der Waals surface area contributed by atoms with Crippen LogP contribution in [0.4, 0.5) is 0 Å². The van der Waals surface area contributed by atoms with Gasteiger partial charge in [-0.05, 0) is 12.8 Å². The molecule has 0 aliphatic carbocycles. The van der Waals surface area contributed by atoms with Crippen molar-refractivity contribution in [3.05, 3.63) is 0 Å². The van der Waals surface area contributed by atoms with Gasteiger partial charge in [0.15, 0.2) is 0 Å². The lowest BCUT2D eigenvalue weighted by Crippen LogP contribution is -2.37. The molecule has 1 N–H and O–H groups in total. The summed E-state index contributed by atoms with van der Waals surface area (Å²) >= 11 is 0. The predicted octanol–water partition coefficient (Wildman–Crippen LogP) is 0.0660. The molecule has 0 fully saturated rings. The maximum Gasteiger partial charge on any atom is 0.318 e. The topological polar surface area (TPSA) is 101 Å². The van der Waals surface area contributed by atoms with Crippen molar-refractivity contribution >= 4 is 22.0 Å². The number of carboxylic acids is 1. The molecule has 0 radical (unpaired) electrons. The van der Waals surface area contributed by atoms with E-state index in [1.807, 2.05) is 0 Å². The van der Waals surface area contributed by atoms with Crippen molar-refractivity contribution in [1.29, 1.82) is 0 Å². The number of carbonyl (C=O) groups excluding carboxylic acids is 1. The molecule has 0 spiro atoms. The molecule has 18 heavy (non-hydrogen) atoms. The van der Waals surface area contributed by atoms with Crippen LogP contribution in [0.15, 0.2) is 0 Å². The second-order valence-electron chi connectivity index (χ2n) is 3.72. The standard InChI is InChI=1S/C10H19NO6S/c1-3-6-11(8-9(12)13)18(15,16)7-4-5-10(14)17-2/h3-8H2,1-2H3,(H,12,13). The summed E-state index contributed by atoms with van der Waals surface area (Å²) in [5.74, 6) is -1.93. The van der Waals surface area contributed by atoms with E-state index in [1.165, 1.54) is 7.11 Å². The number of hydrogen-bond acceptors (Lipinski definition) is 5. The molecule has 0 aromatic heterocycles. The van der Waals surface area contributed by atoms with E-state index >= 15 is 0 Å². The van der Waals surface area contributed by atoms with Gasteiger partial charge < -0.3 is 9.84 Å². The Morgan fingerprint density at radius 1 is 1.33 bits per heavy atom. The molecule has 0 bridgehead atoms. The zero-order valence-electron chi connectivity index (χ0n) is 10.6. The summed E-state index contributed by atoms with van der Waals surface area (Å²) < 4.78 is 29.0. The van der Waals surface area contributed by atoms with Crippen LogP contribution in [-0.4, -0.2) is 55.7 Å². The van der Waals surface area contributed by atoms with E-state index < -0.39 is 28.5 Å². The van der Waals surface area contributed by atoms with Crippen molar-refractivity contribution < 1.29 is 27.9 Å². The van der Waals surface area contributed by atoms with E-state index in [4.69, 9.17) is 5.11 Å². The van der Waals surface area contributed by atoms with Crippen LogP contribution in [-0.2, 0) is 24.3 Å². The number of esters is 1. The molecule has 0 aliphatic heterocycles. The SMILES string of the molecule is CCCN(CC(=O)O)S(=O)(=O)CCCC(=O)OC. The van der Waals surface area contributed by atoms with Crippen LogP contribution in [0.1, 0.15) is 26.2 Å². The van der Waals surface area contributed by atoms with Gasteiger partial charge in [0.25, 0.3) is 0 Å². The van der Waals surface area contributed by atoms with Crippen LogP contribution in [0.3, 0.4) is 0 Å². The Kier molecular flexibility index (Phi) is 7.53. The van der Waals surface area contributed by atoms with Gasteiger partial charge in [-0.25, -0.2) is 8.42 Å². The average Bonchev–Trinajstić information content (AvgIpc) is 2.27. The van der Waals surface area contributed by atoms with Crippen LogP contribution in [0.5, 0.6) is 0 Å². The molecule has 0 aromatic rings. The number of aliphatic carboxylic acids is 1. The molecule has 0 atom stereocenters. The van der Waals surface area contributed by atoms with Gasteiger partial charge in [0.2, 0.25) is 10.0 Å². The first-order valence-electron chi connectivity index (χ1n) is 5.60. The lowest BCUT2D eigenvalue weighted by atomic mass is 10.3. The third-order valence-electron chi connectivity index (χ3n) is 2.19. The van der Waals surface area contributed by atoms with E-state index in [9.17, 15) is 18.0 Å². The van der Waals surface area contributed by atoms with E-state index in [2.05, 4.69) is 4.74 Å². The third-order valence-corrected chi connectivity index (χ3v) is 4.09. The minimum atomic E-state index is -3.64. The van der Waals surface area contributed by atoms with Crippen LogP contribution < -0.4 is 0 Å². The molecule has 0 aromatic carbocycles. The largest absolute Gasteiger partial charge is 0.480 e. The number of carboxylic acid groups (broad SMARTS) is 1. The number of hydrogen-bond donors (Lipinski definition) is 1. The van der Waals surface area contributed by atoms with Crippen molar-refractivity contribution in [2.45, 2.75) is 26.2 Å². The summed E-state index contributed by atoms with van der Waals surface area (Å²) in [4.78, 5) is 21.4. The number of nitrogens with zero attached hydrogens (tertiary/aromatic N) is 1. The smallest absolute Gasteiger partial charge is 0.318 e. The zero-order chi connectivity index (χ0) is 14.2. The van der Waals surface area contributed by atoms with Gasteiger partial charge in [-0.2, -0.15) is 4.31 Å². The molecule has 0 rings (SSSR count). The van der Waals surface area contributed by atoms with Gasteiger partial charge in [-0.15, -0.1) is 0 Å². The normalized spacial score (nSPS) is 11.5. The fourth-order valence-electron chi connectivity index (χ4n) is 1.35. The first-order valence-corrected chi connectivity index (χ1v) is 7.20. The number of methoxy groups -OCH3 is 1. The molecular weight excluding hydrogens is 262 g/mol. The summed E-state index contributed by atoms with van der Waals surface area (Å²) in [6.07, 6.45) is 0.654. The third kappa shape index (κ3) is 6.55. The molecule has 106 valence electrons. The van der Waals surface area contributed by atoms with Gasteiger partial charge in [0, 0.05) is 13.0 Å². The molecule has 0 unspecified atom stereocenters. The predicted molar refractivity (Wildman–Crippen MR) is 64.5 cm³/mol. The van der Waals surface area contributed by atoms with Crippen molar-refractivity contribution in [1.82, 2.24) is 4.31 Å². The summed E-state index contributed by atoms with van der Waals surface area (Å²) in [6, 6.07) is 0. The van der Waals surface area contributed by atoms with Gasteiger partial charge in [-0.3, -0.25) is 9.59 Å². The van der Waals surface area contributed by atoms with E-state index in [0.717, 1.165) is 4.31 Å². The molecule has 0 amide bonds. The number of sulfonamides is 1. The number of rotatable bonds is 9. The highest BCUT2D eigenvalue weighted by molar-refractivity contribution is 7.89. The average molecular weight is 281 g/mol. The minimum absolute atomic E-state index is 0.00274. The molecule has 0 saturated heterocycles. The van der Waals surface area contributed by atoms with Gasteiger partial charge in [0.05, 0.1) is 12.9 Å². The van der Waals surface area contributed by atoms with Crippen LogP contribution >= 0.6 is 0 Å². The number of ether oxygens (including phenoxy) is 1. The Morgan fingerprint density at radius 3 is 2.39 bits per heavy atom. The Balaban J connectivity index is 4.45. The fraction of sp³-hybridized carbons (Fsp3) is 0.800. The zero-order valence-corrected chi connectivity index (χ0v) is 11.4. The fourth-order valence-corrected chi connectivity index (χ4v) is 2.88. The second-order valence-corrected chi connectivity index (χ2v) is 5.81. The first kappa shape index (κ1) is 16.9. The van der Waals surface area contributed by atoms with Gasteiger partial charge >= 0.3 is 11.9 Å². The molecule has 7 nitrogen and oxygen atoms in total. The first-order chi connectivity index (χ1) is 8.33. The number of carbonyl (C=O) groups is 2. The molecule has 0 aliphatic rings. The van der Waals surface area contributed by atoms with Crippen LogP contribution in [0, 0.1) is 0 Å². The Morgan fingerprint density at radius 2 is 1.94 bits per heavy atom. The van der Waals surface area contributed by atoms with Crippen molar-refractivity contribution in [3.8, 4) is 0 Å². The maximum absolute atomic E-state index is 11.8. The monoisotopic (exact) mass is 281 g/mol. The highest BCUT2D eigenvalue weighted by Crippen LogP contribution is 2.06. The Hall–Kier alpha value is -1.15. The van der Waals surface area contributed by atoms with E-state index in [1.54, 1.807) is 6.92 Å². The highest BCUT2D eigenvalue weighted by Gasteiger charge is 2.23. The van der Waals surface area contributed by atoms with E-state index in [-0.39, 0.29) is 25.1 Å². The van der Waals surface area contributed by atoms with Crippen molar-refractivity contribution in [3.63, 3.8) is 0 Å². The van der Waals surface area contributed by atoms with Gasteiger partial charge in [0.1, 0.15) is 6.54 Å². The van der Waals surface area contributed by atoms with Gasteiger partial charge in [-0.1, -0.05) is 6.92 Å². The second kappa shape index (κ2) is 8.04.